The van der Waals surface area contributed by atoms with Gasteiger partial charge in [-0.2, -0.15) is 4.80 Å². The Bertz CT molecular complexity index is 949. The molecule has 0 spiro atoms. The Kier molecular flexibility index (Phi) is 8.17. The molecule has 0 bridgehead atoms. The standard InChI is InChI=1S/C21H24ClN5O3/c1-2-29-14-15-30-20-17(22)10-6-11-18(20)23-19(28)12-7-13-27-25-21(24-26-27)16-8-4-3-5-9-16/h3-6,8-11H,2,7,12-15H2,1H3,(H,23,28). The summed E-state index contributed by atoms with van der Waals surface area (Å²) in [6.45, 7) is 3.81. The Morgan fingerprint density at radius 3 is 2.77 bits per heavy atom. The number of aryl methyl sites for hydroxylation is 1. The number of amides is 1. The van der Waals surface area contributed by atoms with Crippen molar-refractivity contribution in [2.24, 2.45) is 0 Å². The van der Waals surface area contributed by atoms with E-state index in [1.807, 2.05) is 37.3 Å². The van der Waals surface area contributed by atoms with E-state index in [1.165, 1.54) is 4.80 Å². The first kappa shape index (κ1) is 21.7. The smallest absolute Gasteiger partial charge is 0.224 e. The number of anilines is 1. The molecule has 30 heavy (non-hydrogen) atoms. The van der Waals surface area contributed by atoms with E-state index in [0.29, 0.717) is 61.5 Å². The molecule has 8 nitrogen and oxygen atoms in total. The van der Waals surface area contributed by atoms with E-state index in [1.54, 1.807) is 18.2 Å². The van der Waals surface area contributed by atoms with Crippen molar-refractivity contribution >= 4 is 23.2 Å². The molecule has 0 aliphatic carbocycles. The molecule has 0 radical (unpaired) electrons. The van der Waals surface area contributed by atoms with Gasteiger partial charge in [-0.1, -0.05) is 48.0 Å². The van der Waals surface area contributed by atoms with Crippen LogP contribution >= 0.6 is 11.6 Å². The van der Waals surface area contributed by atoms with Crippen molar-refractivity contribution in [1.82, 2.24) is 20.2 Å². The fraction of sp³-hybridized carbons (Fsp3) is 0.333. The fourth-order valence-corrected chi connectivity index (χ4v) is 2.96. The Morgan fingerprint density at radius 2 is 1.97 bits per heavy atom. The van der Waals surface area contributed by atoms with Gasteiger partial charge in [-0.05, 0) is 30.7 Å². The summed E-state index contributed by atoms with van der Waals surface area (Å²) in [7, 11) is 0. The Balaban J connectivity index is 1.49. The molecule has 3 aromatic rings. The number of tetrazole rings is 1. The lowest BCUT2D eigenvalue weighted by atomic mass is 10.2. The highest BCUT2D eigenvalue weighted by atomic mass is 35.5. The van der Waals surface area contributed by atoms with E-state index < -0.39 is 0 Å². The van der Waals surface area contributed by atoms with Crippen LogP contribution in [0.15, 0.2) is 48.5 Å². The first-order valence-corrected chi connectivity index (χ1v) is 10.2. The van der Waals surface area contributed by atoms with E-state index >= 15 is 0 Å². The molecule has 1 amide bonds. The number of hydrogen-bond donors (Lipinski definition) is 1. The number of para-hydroxylation sites is 1. The number of nitrogens with zero attached hydrogens (tertiary/aromatic N) is 4. The normalized spacial score (nSPS) is 10.7. The van der Waals surface area contributed by atoms with E-state index in [9.17, 15) is 4.79 Å². The molecule has 1 heterocycles. The van der Waals surface area contributed by atoms with Crippen molar-refractivity contribution in [3.05, 3.63) is 53.6 Å². The summed E-state index contributed by atoms with van der Waals surface area (Å²) in [5, 5.41) is 15.7. The van der Waals surface area contributed by atoms with Crippen molar-refractivity contribution in [1.29, 1.82) is 0 Å². The minimum absolute atomic E-state index is 0.143. The third kappa shape index (κ3) is 6.27. The van der Waals surface area contributed by atoms with Crippen molar-refractivity contribution in [2.45, 2.75) is 26.3 Å². The SMILES string of the molecule is CCOCCOc1c(Cl)cccc1NC(=O)CCCn1nnc(-c2ccccc2)n1. The van der Waals surface area contributed by atoms with Crippen LogP contribution in [-0.4, -0.2) is 45.9 Å². The van der Waals surface area contributed by atoms with Crippen LogP contribution in [-0.2, 0) is 16.1 Å². The lowest BCUT2D eigenvalue weighted by Gasteiger charge is -2.14. The monoisotopic (exact) mass is 429 g/mol. The van der Waals surface area contributed by atoms with Crippen LogP contribution in [0.2, 0.25) is 5.02 Å². The van der Waals surface area contributed by atoms with Gasteiger partial charge in [0.05, 0.1) is 23.9 Å². The van der Waals surface area contributed by atoms with Gasteiger partial charge in [0, 0.05) is 18.6 Å². The largest absolute Gasteiger partial charge is 0.487 e. The summed E-state index contributed by atoms with van der Waals surface area (Å²) in [6, 6.07) is 14.9. The minimum Gasteiger partial charge on any atom is -0.487 e. The topological polar surface area (TPSA) is 91.2 Å². The quantitative estimate of drug-likeness (QED) is 0.466. The summed E-state index contributed by atoms with van der Waals surface area (Å²) >= 11 is 6.22. The zero-order valence-corrected chi connectivity index (χ0v) is 17.5. The highest BCUT2D eigenvalue weighted by Crippen LogP contribution is 2.33. The van der Waals surface area contributed by atoms with Crippen LogP contribution in [0, 0.1) is 0 Å². The molecule has 0 saturated heterocycles. The number of aromatic nitrogens is 4. The van der Waals surface area contributed by atoms with Gasteiger partial charge in [0.2, 0.25) is 11.7 Å². The van der Waals surface area contributed by atoms with E-state index in [0.717, 1.165) is 5.56 Å². The Labute approximate surface area is 180 Å². The molecule has 9 heteroatoms. The average Bonchev–Trinajstić information content (AvgIpc) is 3.22. The maximum Gasteiger partial charge on any atom is 0.224 e. The van der Waals surface area contributed by atoms with Crippen LogP contribution in [0.25, 0.3) is 11.4 Å². The second-order valence-electron chi connectivity index (χ2n) is 6.39. The van der Waals surface area contributed by atoms with Gasteiger partial charge < -0.3 is 14.8 Å². The predicted octanol–water partition coefficient (Wildman–Crippen LogP) is 3.83. The molecule has 3 rings (SSSR count). The molecule has 1 N–H and O–H groups in total. The third-order valence-electron chi connectivity index (χ3n) is 4.17. The van der Waals surface area contributed by atoms with Crippen molar-refractivity contribution in [3.8, 4) is 17.1 Å². The van der Waals surface area contributed by atoms with Gasteiger partial charge in [0.25, 0.3) is 0 Å². The number of nitrogens with one attached hydrogen (secondary N) is 1. The van der Waals surface area contributed by atoms with Crippen LogP contribution in [0.5, 0.6) is 5.75 Å². The zero-order valence-electron chi connectivity index (χ0n) is 16.8. The average molecular weight is 430 g/mol. The minimum atomic E-state index is -0.143. The van der Waals surface area contributed by atoms with Gasteiger partial charge in [-0.3, -0.25) is 4.79 Å². The van der Waals surface area contributed by atoms with E-state index in [-0.39, 0.29) is 5.91 Å². The molecule has 1 aromatic heterocycles. The molecule has 0 fully saturated rings. The summed E-state index contributed by atoms with van der Waals surface area (Å²) in [5.41, 5.74) is 1.44. The number of carbonyl (C=O) groups excluding carboxylic acids is 1. The second kappa shape index (κ2) is 11.3. The Morgan fingerprint density at radius 1 is 1.13 bits per heavy atom. The fourth-order valence-electron chi connectivity index (χ4n) is 2.74. The molecule has 0 saturated carbocycles. The van der Waals surface area contributed by atoms with Gasteiger partial charge >= 0.3 is 0 Å². The molecule has 0 aliphatic heterocycles. The molecule has 0 atom stereocenters. The van der Waals surface area contributed by atoms with Crippen LogP contribution < -0.4 is 10.1 Å². The molecule has 158 valence electrons. The number of hydrogen-bond acceptors (Lipinski definition) is 6. The molecule has 2 aromatic carbocycles. The number of benzene rings is 2. The van der Waals surface area contributed by atoms with Crippen molar-refractivity contribution < 1.29 is 14.3 Å². The van der Waals surface area contributed by atoms with Crippen LogP contribution in [0.3, 0.4) is 0 Å². The number of carbonyl (C=O) groups is 1. The second-order valence-corrected chi connectivity index (χ2v) is 6.80. The molecule has 0 aliphatic rings. The first-order chi connectivity index (χ1) is 14.7. The van der Waals surface area contributed by atoms with Gasteiger partial charge in [0.15, 0.2) is 5.75 Å². The summed E-state index contributed by atoms with van der Waals surface area (Å²) < 4.78 is 11.0. The summed E-state index contributed by atoms with van der Waals surface area (Å²) in [6.07, 6.45) is 0.866. The number of halogens is 1. The number of ether oxygens (including phenoxy) is 2. The highest BCUT2D eigenvalue weighted by Gasteiger charge is 2.12. The zero-order chi connectivity index (χ0) is 21.2. The Hall–Kier alpha value is -2.97. The highest BCUT2D eigenvalue weighted by molar-refractivity contribution is 6.32. The van der Waals surface area contributed by atoms with Crippen LogP contribution in [0.4, 0.5) is 5.69 Å². The van der Waals surface area contributed by atoms with Crippen LogP contribution in [0.1, 0.15) is 19.8 Å². The van der Waals surface area contributed by atoms with Crippen molar-refractivity contribution in [2.75, 3.05) is 25.1 Å². The van der Waals surface area contributed by atoms with Gasteiger partial charge in [-0.15, -0.1) is 10.2 Å². The van der Waals surface area contributed by atoms with E-state index in [2.05, 4.69) is 20.7 Å². The first-order valence-electron chi connectivity index (χ1n) is 9.79. The molecular formula is C21H24ClN5O3. The van der Waals surface area contributed by atoms with Crippen molar-refractivity contribution in [3.63, 3.8) is 0 Å². The number of rotatable bonds is 11. The maximum absolute atomic E-state index is 12.4. The third-order valence-corrected chi connectivity index (χ3v) is 4.46. The lowest BCUT2D eigenvalue weighted by Crippen LogP contribution is -2.15. The summed E-state index contributed by atoms with van der Waals surface area (Å²) in [5.74, 6) is 0.862. The molecular weight excluding hydrogens is 406 g/mol. The van der Waals surface area contributed by atoms with Gasteiger partial charge in [-0.25, -0.2) is 0 Å². The van der Waals surface area contributed by atoms with E-state index in [4.69, 9.17) is 21.1 Å². The molecule has 0 unspecified atom stereocenters. The predicted molar refractivity (Wildman–Crippen MR) is 115 cm³/mol. The van der Waals surface area contributed by atoms with Gasteiger partial charge in [0.1, 0.15) is 6.61 Å². The maximum atomic E-state index is 12.4. The lowest BCUT2D eigenvalue weighted by molar-refractivity contribution is -0.116. The summed E-state index contributed by atoms with van der Waals surface area (Å²) in [4.78, 5) is 13.9.